The first-order chi connectivity index (χ1) is 9.74. The zero-order chi connectivity index (χ0) is 13.9. The number of aromatic amines is 1. The molecule has 1 atom stereocenters. The average molecular weight is 285 g/mol. The van der Waals surface area contributed by atoms with E-state index in [4.69, 9.17) is 11.6 Å². The third-order valence-corrected chi connectivity index (χ3v) is 3.95. The van der Waals surface area contributed by atoms with Gasteiger partial charge in [0.25, 0.3) is 0 Å². The Balaban J connectivity index is 1.71. The number of nitrogens with one attached hydrogen (secondary N) is 2. The number of benzene rings is 2. The second-order valence-corrected chi connectivity index (χ2v) is 5.43. The van der Waals surface area contributed by atoms with E-state index in [2.05, 4.69) is 47.6 Å². The zero-order valence-corrected chi connectivity index (χ0v) is 12.1. The summed E-state index contributed by atoms with van der Waals surface area (Å²) in [7, 11) is 0. The SMILES string of the molecule is CC(NCc1ccc2[nH]ccc2c1)c1ccccc1Cl. The van der Waals surface area contributed by atoms with Gasteiger partial charge in [0.05, 0.1) is 0 Å². The highest BCUT2D eigenvalue weighted by Gasteiger charge is 2.08. The molecule has 1 aromatic heterocycles. The zero-order valence-electron chi connectivity index (χ0n) is 11.4. The van der Waals surface area contributed by atoms with Gasteiger partial charge in [-0.2, -0.15) is 0 Å². The molecule has 3 aromatic rings. The molecule has 102 valence electrons. The Labute approximate surface area is 123 Å². The molecule has 2 N–H and O–H groups in total. The van der Waals surface area contributed by atoms with Crippen molar-refractivity contribution < 1.29 is 0 Å². The van der Waals surface area contributed by atoms with E-state index in [1.54, 1.807) is 0 Å². The van der Waals surface area contributed by atoms with Gasteiger partial charge in [0.2, 0.25) is 0 Å². The maximum absolute atomic E-state index is 6.22. The van der Waals surface area contributed by atoms with E-state index in [0.29, 0.717) is 0 Å². The van der Waals surface area contributed by atoms with Gasteiger partial charge in [0, 0.05) is 29.3 Å². The fourth-order valence-corrected chi connectivity index (χ4v) is 2.72. The molecule has 0 amide bonds. The third kappa shape index (κ3) is 2.72. The molecule has 1 heterocycles. The van der Waals surface area contributed by atoms with Crippen LogP contribution in [-0.4, -0.2) is 4.98 Å². The molecule has 0 aliphatic carbocycles. The molecule has 0 saturated heterocycles. The molecule has 2 aromatic carbocycles. The predicted octanol–water partition coefficient (Wildman–Crippen LogP) is 4.67. The summed E-state index contributed by atoms with van der Waals surface area (Å²) in [5, 5.41) is 5.58. The number of aromatic nitrogens is 1. The lowest BCUT2D eigenvalue weighted by atomic mass is 10.1. The molecule has 0 aliphatic rings. The summed E-state index contributed by atoms with van der Waals surface area (Å²) in [4.78, 5) is 3.21. The van der Waals surface area contributed by atoms with Crippen molar-refractivity contribution in [3.63, 3.8) is 0 Å². The molecular weight excluding hydrogens is 268 g/mol. The van der Waals surface area contributed by atoms with E-state index >= 15 is 0 Å². The van der Waals surface area contributed by atoms with Gasteiger partial charge in [0.1, 0.15) is 0 Å². The summed E-state index contributed by atoms with van der Waals surface area (Å²) in [6.45, 7) is 2.96. The van der Waals surface area contributed by atoms with Crippen LogP contribution in [-0.2, 0) is 6.54 Å². The number of halogens is 1. The Morgan fingerprint density at radius 1 is 1.15 bits per heavy atom. The Bertz CT molecular complexity index is 718. The minimum Gasteiger partial charge on any atom is -0.361 e. The highest BCUT2D eigenvalue weighted by atomic mass is 35.5. The van der Waals surface area contributed by atoms with E-state index in [1.807, 2.05) is 24.4 Å². The Kier molecular flexibility index (Phi) is 3.77. The van der Waals surface area contributed by atoms with Gasteiger partial charge in [-0.1, -0.05) is 35.9 Å². The molecular formula is C17H17ClN2. The van der Waals surface area contributed by atoms with Crippen LogP contribution in [0.3, 0.4) is 0 Å². The number of rotatable bonds is 4. The highest BCUT2D eigenvalue weighted by Crippen LogP contribution is 2.22. The van der Waals surface area contributed by atoms with Gasteiger partial charge >= 0.3 is 0 Å². The monoisotopic (exact) mass is 284 g/mol. The maximum Gasteiger partial charge on any atom is 0.0454 e. The van der Waals surface area contributed by atoms with E-state index in [-0.39, 0.29) is 6.04 Å². The lowest BCUT2D eigenvalue weighted by molar-refractivity contribution is 0.575. The molecule has 1 unspecified atom stereocenters. The van der Waals surface area contributed by atoms with Gasteiger partial charge in [-0.05, 0) is 47.7 Å². The van der Waals surface area contributed by atoms with Crippen LogP contribution in [0.2, 0.25) is 5.02 Å². The molecule has 0 saturated carbocycles. The summed E-state index contributed by atoms with van der Waals surface area (Å²) in [6, 6.07) is 16.8. The minimum atomic E-state index is 0.227. The lowest BCUT2D eigenvalue weighted by Crippen LogP contribution is -2.18. The fraction of sp³-hybridized carbons (Fsp3) is 0.176. The highest BCUT2D eigenvalue weighted by molar-refractivity contribution is 6.31. The molecule has 2 nitrogen and oxygen atoms in total. The smallest absolute Gasteiger partial charge is 0.0454 e. The van der Waals surface area contributed by atoms with Gasteiger partial charge in [-0.3, -0.25) is 0 Å². The third-order valence-electron chi connectivity index (χ3n) is 3.60. The Morgan fingerprint density at radius 2 is 2.00 bits per heavy atom. The van der Waals surface area contributed by atoms with Crippen LogP contribution < -0.4 is 5.32 Å². The molecule has 0 aliphatic heterocycles. The van der Waals surface area contributed by atoms with Crippen molar-refractivity contribution in [1.29, 1.82) is 0 Å². The molecule has 0 fully saturated rings. The van der Waals surface area contributed by atoms with Crippen LogP contribution in [0.25, 0.3) is 10.9 Å². The van der Waals surface area contributed by atoms with Crippen molar-refractivity contribution in [2.24, 2.45) is 0 Å². The van der Waals surface area contributed by atoms with Crippen LogP contribution in [0.4, 0.5) is 0 Å². The summed E-state index contributed by atoms with van der Waals surface area (Å²) in [6.07, 6.45) is 1.97. The number of fused-ring (bicyclic) bond motifs is 1. The first-order valence-corrected chi connectivity index (χ1v) is 7.15. The quantitative estimate of drug-likeness (QED) is 0.716. The molecule has 3 heteroatoms. The maximum atomic E-state index is 6.22. The van der Waals surface area contributed by atoms with E-state index < -0.39 is 0 Å². The summed E-state index contributed by atoms with van der Waals surface area (Å²) in [5.41, 5.74) is 3.58. The molecule has 3 rings (SSSR count). The van der Waals surface area contributed by atoms with Crippen molar-refractivity contribution in [2.45, 2.75) is 19.5 Å². The van der Waals surface area contributed by atoms with Gasteiger partial charge < -0.3 is 10.3 Å². The number of hydrogen-bond donors (Lipinski definition) is 2. The second-order valence-electron chi connectivity index (χ2n) is 5.02. The second kappa shape index (κ2) is 5.70. The van der Waals surface area contributed by atoms with Crippen LogP contribution in [0.15, 0.2) is 54.7 Å². The first kappa shape index (κ1) is 13.2. The van der Waals surface area contributed by atoms with Crippen LogP contribution in [0, 0.1) is 0 Å². The van der Waals surface area contributed by atoms with Gasteiger partial charge in [0.15, 0.2) is 0 Å². The van der Waals surface area contributed by atoms with E-state index in [0.717, 1.165) is 17.1 Å². The van der Waals surface area contributed by atoms with Crippen molar-refractivity contribution in [2.75, 3.05) is 0 Å². The van der Waals surface area contributed by atoms with E-state index in [1.165, 1.54) is 16.5 Å². The predicted molar refractivity (Wildman–Crippen MR) is 85.0 cm³/mol. The topological polar surface area (TPSA) is 27.8 Å². The van der Waals surface area contributed by atoms with Crippen LogP contribution in [0.1, 0.15) is 24.1 Å². The fourth-order valence-electron chi connectivity index (χ4n) is 2.42. The van der Waals surface area contributed by atoms with Crippen LogP contribution in [0.5, 0.6) is 0 Å². The van der Waals surface area contributed by atoms with E-state index in [9.17, 15) is 0 Å². The number of H-pyrrole nitrogens is 1. The minimum absolute atomic E-state index is 0.227. The summed E-state index contributed by atoms with van der Waals surface area (Å²) >= 11 is 6.22. The molecule has 0 radical (unpaired) electrons. The molecule has 0 spiro atoms. The van der Waals surface area contributed by atoms with Crippen molar-refractivity contribution in [3.05, 3.63) is 70.9 Å². The van der Waals surface area contributed by atoms with Crippen LogP contribution >= 0.6 is 11.6 Å². The Morgan fingerprint density at radius 3 is 2.85 bits per heavy atom. The Hall–Kier alpha value is -1.77. The summed E-state index contributed by atoms with van der Waals surface area (Å²) < 4.78 is 0. The summed E-state index contributed by atoms with van der Waals surface area (Å²) in [5.74, 6) is 0. The van der Waals surface area contributed by atoms with Crippen molar-refractivity contribution in [3.8, 4) is 0 Å². The van der Waals surface area contributed by atoms with Gasteiger partial charge in [-0.15, -0.1) is 0 Å². The first-order valence-electron chi connectivity index (χ1n) is 6.78. The largest absolute Gasteiger partial charge is 0.361 e. The molecule has 0 bridgehead atoms. The van der Waals surface area contributed by atoms with Gasteiger partial charge in [-0.25, -0.2) is 0 Å². The lowest BCUT2D eigenvalue weighted by Gasteiger charge is -2.15. The average Bonchev–Trinajstić information content (AvgIpc) is 2.92. The van der Waals surface area contributed by atoms with Crippen molar-refractivity contribution in [1.82, 2.24) is 10.3 Å². The van der Waals surface area contributed by atoms with Crippen molar-refractivity contribution >= 4 is 22.5 Å². The normalized spacial score (nSPS) is 12.7. The molecule has 20 heavy (non-hydrogen) atoms. The number of hydrogen-bond acceptors (Lipinski definition) is 1. The standard InChI is InChI=1S/C17H17ClN2/c1-12(15-4-2-3-5-16(15)18)20-11-13-6-7-17-14(10-13)8-9-19-17/h2-10,12,19-20H,11H2,1H3.